The number of nitrogens with zero attached hydrogens (tertiary/aromatic N) is 1. The summed E-state index contributed by atoms with van der Waals surface area (Å²) < 4.78 is 10.5. The van der Waals surface area contributed by atoms with Gasteiger partial charge in [-0.25, -0.2) is 0 Å². The van der Waals surface area contributed by atoms with E-state index in [4.69, 9.17) is 9.47 Å². The number of carbonyl (C=O) groups is 1. The average molecular weight is 308 g/mol. The third-order valence-corrected chi connectivity index (χ3v) is 3.67. The van der Waals surface area contributed by atoms with Gasteiger partial charge in [0.15, 0.2) is 11.5 Å². The zero-order chi connectivity index (χ0) is 16.7. The third kappa shape index (κ3) is 5.22. The zero-order valence-electron chi connectivity index (χ0n) is 14.5. The van der Waals surface area contributed by atoms with Crippen LogP contribution in [0.15, 0.2) is 18.2 Å². The van der Waals surface area contributed by atoms with E-state index >= 15 is 0 Å². The zero-order valence-corrected chi connectivity index (χ0v) is 14.5. The van der Waals surface area contributed by atoms with Gasteiger partial charge in [0.2, 0.25) is 5.91 Å². The monoisotopic (exact) mass is 308 g/mol. The molecule has 0 saturated heterocycles. The summed E-state index contributed by atoms with van der Waals surface area (Å²) in [6.45, 7) is 6.65. The van der Waals surface area contributed by atoms with Crippen molar-refractivity contribution in [1.29, 1.82) is 0 Å². The molecule has 5 nitrogen and oxygen atoms in total. The Morgan fingerprint density at radius 1 is 1.18 bits per heavy atom. The second-order valence-corrected chi connectivity index (χ2v) is 5.76. The fraction of sp³-hybridized carbons (Fsp3) is 0.588. The van der Waals surface area contributed by atoms with Gasteiger partial charge in [-0.1, -0.05) is 6.07 Å². The maximum Gasteiger partial charge on any atom is 0.237 e. The van der Waals surface area contributed by atoms with Crippen LogP contribution in [0.4, 0.5) is 0 Å². The van der Waals surface area contributed by atoms with Crippen LogP contribution in [0.25, 0.3) is 0 Å². The molecule has 0 aliphatic rings. The average Bonchev–Trinajstić information content (AvgIpc) is 2.50. The predicted molar refractivity (Wildman–Crippen MR) is 88.6 cm³/mol. The van der Waals surface area contributed by atoms with Crippen molar-refractivity contribution in [3.63, 3.8) is 0 Å². The highest BCUT2D eigenvalue weighted by Gasteiger charge is 2.18. The Hall–Kier alpha value is -1.75. The first-order valence-electron chi connectivity index (χ1n) is 7.60. The van der Waals surface area contributed by atoms with E-state index in [9.17, 15) is 4.79 Å². The number of amides is 1. The van der Waals surface area contributed by atoms with E-state index in [-0.39, 0.29) is 18.0 Å². The topological polar surface area (TPSA) is 50.8 Å². The lowest BCUT2D eigenvalue weighted by molar-refractivity contribution is -0.125. The summed E-state index contributed by atoms with van der Waals surface area (Å²) in [5.41, 5.74) is 1.15. The van der Waals surface area contributed by atoms with E-state index < -0.39 is 0 Å². The molecule has 0 unspecified atom stereocenters. The number of methoxy groups -OCH3 is 2. The molecule has 1 rings (SSSR count). The van der Waals surface area contributed by atoms with Gasteiger partial charge < -0.3 is 14.8 Å². The summed E-state index contributed by atoms with van der Waals surface area (Å²) in [6, 6.07) is 5.92. The van der Waals surface area contributed by atoms with E-state index in [1.54, 1.807) is 14.2 Å². The van der Waals surface area contributed by atoms with Crippen LogP contribution >= 0.6 is 0 Å². The van der Waals surface area contributed by atoms with Crippen LogP contribution in [0.3, 0.4) is 0 Å². The molecule has 0 aliphatic carbocycles. The Morgan fingerprint density at radius 2 is 1.82 bits per heavy atom. The molecule has 124 valence electrons. The first-order valence-corrected chi connectivity index (χ1v) is 7.60. The summed E-state index contributed by atoms with van der Waals surface area (Å²) in [5, 5.41) is 2.94. The number of ether oxygens (including phenoxy) is 2. The Kier molecular flexibility index (Phi) is 7.18. The fourth-order valence-electron chi connectivity index (χ4n) is 2.14. The predicted octanol–water partition coefficient (Wildman–Crippen LogP) is 2.09. The SMILES string of the molecule is COc1ccc(CCN(C)[C@@H](C)C(=O)NC(C)C)cc1OC. The minimum atomic E-state index is -0.150. The van der Waals surface area contributed by atoms with E-state index in [0.717, 1.165) is 30.0 Å². The minimum Gasteiger partial charge on any atom is -0.493 e. The molecule has 22 heavy (non-hydrogen) atoms. The van der Waals surface area contributed by atoms with Crippen molar-refractivity contribution >= 4 is 5.91 Å². The van der Waals surface area contributed by atoms with Crippen molar-refractivity contribution in [3.05, 3.63) is 23.8 Å². The van der Waals surface area contributed by atoms with Crippen molar-refractivity contribution < 1.29 is 14.3 Å². The standard InChI is InChI=1S/C17H28N2O3/c1-12(2)18-17(20)13(3)19(4)10-9-14-7-8-15(21-5)16(11-14)22-6/h7-8,11-13H,9-10H2,1-6H3,(H,18,20)/t13-/m0/s1. The van der Waals surface area contributed by atoms with Gasteiger partial charge in [0.25, 0.3) is 0 Å². The Morgan fingerprint density at radius 3 is 2.36 bits per heavy atom. The molecule has 0 spiro atoms. The summed E-state index contributed by atoms with van der Waals surface area (Å²) >= 11 is 0. The molecule has 1 aromatic rings. The summed E-state index contributed by atoms with van der Waals surface area (Å²) in [4.78, 5) is 14.1. The third-order valence-electron chi connectivity index (χ3n) is 3.67. The number of rotatable bonds is 8. The quantitative estimate of drug-likeness (QED) is 0.799. The summed E-state index contributed by atoms with van der Waals surface area (Å²) in [7, 11) is 5.22. The first kappa shape index (κ1) is 18.3. The van der Waals surface area contributed by atoms with Gasteiger partial charge in [0.05, 0.1) is 20.3 Å². The number of hydrogen-bond acceptors (Lipinski definition) is 4. The van der Waals surface area contributed by atoms with Crippen LogP contribution in [0.2, 0.25) is 0 Å². The first-order chi connectivity index (χ1) is 10.4. The molecular weight excluding hydrogens is 280 g/mol. The highest BCUT2D eigenvalue weighted by atomic mass is 16.5. The van der Waals surface area contributed by atoms with Crippen LogP contribution in [0, 0.1) is 0 Å². The van der Waals surface area contributed by atoms with Crippen LogP contribution in [0.1, 0.15) is 26.3 Å². The molecule has 0 bridgehead atoms. The molecule has 0 radical (unpaired) electrons. The van der Waals surface area contributed by atoms with Gasteiger partial charge in [-0.15, -0.1) is 0 Å². The highest BCUT2D eigenvalue weighted by molar-refractivity contribution is 5.81. The Labute approximate surface area is 133 Å². The number of likely N-dealkylation sites (N-methyl/N-ethyl adjacent to an activating group) is 1. The smallest absolute Gasteiger partial charge is 0.237 e. The molecule has 1 atom stereocenters. The van der Waals surface area contributed by atoms with E-state index in [2.05, 4.69) is 10.2 Å². The van der Waals surface area contributed by atoms with Crippen LogP contribution < -0.4 is 14.8 Å². The second kappa shape index (κ2) is 8.63. The van der Waals surface area contributed by atoms with E-state index in [1.807, 2.05) is 46.0 Å². The van der Waals surface area contributed by atoms with Gasteiger partial charge in [-0.2, -0.15) is 0 Å². The molecule has 0 saturated carbocycles. The molecule has 0 aliphatic heterocycles. The van der Waals surface area contributed by atoms with Crippen molar-refractivity contribution in [1.82, 2.24) is 10.2 Å². The lowest BCUT2D eigenvalue weighted by Crippen LogP contribution is -2.46. The van der Waals surface area contributed by atoms with Crippen LogP contribution in [-0.4, -0.2) is 50.7 Å². The van der Waals surface area contributed by atoms with Crippen molar-refractivity contribution in [2.75, 3.05) is 27.8 Å². The number of hydrogen-bond donors (Lipinski definition) is 1. The summed E-state index contributed by atoms with van der Waals surface area (Å²) in [6.07, 6.45) is 0.843. The molecular formula is C17H28N2O3. The summed E-state index contributed by atoms with van der Waals surface area (Å²) in [5.74, 6) is 1.52. The van der Waals surface area contributed by atoms with Crippen molar-refractivity contribution in [3.8, 4) is 11.5 Å². The Bertz CT molecular complexity index is 489. The van der Waals surface area contributed by atoms with Crippen LogP contribution in [-0.2, 0) is 11.2 Å². The fourth-order valence-corrected chi connectivity index (χ4v) is 2.14. The number of carbonyl (C=O) groups excluding carboxylic acids is 1. The normalized spacial score (nSPS) is 12.4. The number of benzene rings is 1. The minimum absolute atomic E-state index is 0.0600. The lowest BCUT2D eigenvalue weighted by Gasteiger charge is -2.24. The Balaban J connectivity index is 2.60. The van der Waals surface area contributed by atoms with Crippen molar-refractivity contribution in [2.24, 2.45) is 0 Å². The van der Waals surface area contributed by atoms with Crippen molar-refractivity contribution in [2.45, 2.75) is 39.3 Å². The molecule has 5 heteroatoms. The highest BCUT2D eigenvalue weighted by Crippen LogP contribution is 2.27. The number of nitrogens with one attached hydrogen (secondary N) is 1. The van der Waals surface area contributed by atoms with Gasteiger partial charge in [0, 0.05) is 12.6 Å². The second-order valence-electron chi connectivity index (χ2n) is 5.76. The largest absolute Gasteiger partial charge is 0.493 e. The van der Waals surface area contributed by atoms with Crippen LogP contribution in [0.5, 0.6) is 11.5 Å². The molecule has 1 amide bonds. The molecule has 1 N–H and O–H groups in total. The van der Waals surface area contributed by atoms with Gasteiger partial charge in [-0.3, -0.25) is 9.69 Å². The van der Waals surface area contributed by atoms with Gasteiger partial charge in [-0.05, 0) is 51.9 Å². The van der Waals surface area contributed by atoms with E-state index in [0.29, 0.717) is 0 Å². The molecule has 1 aromatic carbocycles. The molecule has 0 heterocycles. The van der Waals surface area contributed by atoms with Gasteiger partial charge in [0.1, 0.15) is 0 Å². The maximum atomic E-state index is 12.0. The maximum absolute atomic E-state index is 12.0. The van der Waals surface area contributed by atoms with E-state index in [1.165, 1.54) is 0 Å². The lowest BCUT2D eigenvalue weighted by atomic mass is 10.1. The van der Waals surface area contributed by atoms with Gasteiger partial charge >= 0.3 is 0 Å². The molecule has 0 fully saturated rings. The molecule has 0 aromatic heterocycles.